The lowest BCUT2D eigenvalue weighted by Gasteiger charge is -2.34. The highest BCUT2D eigenvalue weighted by Gasteiger charge is 2.32. The highest BCUT2D eigenvalue weighted by molar-refractivity contribution is 5.92. The summed E-state index contributed by atoms with van der Waals surface area (Å²) < 4.78 is 5.68. The minimum Gasteiger partial charge on any atom is -0.481 e. The van der Waals surface area contributed by atoms with Crippen molar-refractivity contribution >= 4 is 23.8 Å². The number of hydrogen-bond acceptors (Lipinski definition) is 6. The number of pyridine rings is 1. The van der Waals surface area contributed by atoms with Gasteiger partial charge in [0.2, 0.25) is 5.91 Å². The first-order valence-electron chi connectivity index (χ1n) is 14.4. The Balaban J connectivity index is 1.80. The van der Waals surface area contributed by atoms with E-state index >= 15 is 0 Å². The minimum atomic E-state index is -0.929. The molecule has 4 atom stereocenters. The Bertz CT molecular complexity index is 1200. The number of amides is 2. The van der Waals surface area contributed by atoms with E-state index < -0.39 is 35.9 Å². The van der Waals surface area contributed by atoms with Crippen molar-refractivity contribution < 1.29 is 29.0 Å². The van der Waals surface area contributed by atoms with Gasteiger partial charge in [0.05, 0.1) is 11.6 Å². The van der Waals surface area contributed by atoms with Crippen LogP contribution in [0.5, 0.6) is 0 Å². The number of aliphatic carboxylic acids is 1. The Morgan fingerprint density at radius 2 is 1.71 bits per heavy atom. The molecular formula is C32H43N3O6. The van der Waals surface area contributed by atoms with Crippen LogP contribution in [-0.4, -0.2) is 57.9 Å². The van der Waals surface area contributed by atoms with Crippen LogP contribution in [0.2, 0.25) is 0 Å². The molecule has 1 saturated carbocycles. The van der Waals surface area contributed by atoms with Crippen molar-refractivity contribution in [2.75, 3.05) is 7.05 Å². The summed E-state index contributed by atoms with van der Waals surface area (Å²) in [5.74, 6) is -1.86. The molecule has 1 fully saturated rings. The van der Waals surface area contributed by atoms with Crippen LogP contribution in [0.3, 0.4) is 0 Å². The molecule has 1 aliphatic rings. The zero-order valence-electron chi connectivity index (χ0n) is 24.7. The molecule has 0 spiro atoms. The van der Waals surface area contributed by atoms with Crippen LogP contribution < -0.4 is 5.32 Å². The molecule has 0 saturated heterocycles. The Kier molecular flexibility index (Phi) is 11.4. The van der Waals surface area contributed by atoms with Crippen LogP contribution in [-0.2, 0) is 25.5 Å². The van der Waals surface area contributed by atoms with Crippen molar-refractivity contribution in [3.8, 4) is 0 Å². The first-order valence-corrected chi connectivity index (χ1v) is 14.4. The quantitative estimate of drug-likeness (QED) is 0.297. The predicted molar refractivity (Wildman–Crippen MR) is 155 cm³/mol. The number of carbonyl (C=O) groups is 4. The molecule has 41 heavy (non-hydrogen) atoms. The number of carbonyl (C=O) groups excluding carboxylic acids is 3. The van der Waals surface area contributed by atoms with E-state index in [0.717, 1.165) is 18.4 Å². The fraction of sp³-hybridized carbons (Fsp3) is 0.531. The van der Waals surface area contributed by atoms with Gasteiger partial charge >= 0.3 is 11.9 Å². The molecule has 9 heteroatoms. The number of ether oxygens (including phenoxy) is 1. The summed E-state index contributed by atoms with van der Waals surface area (Å²) in [4.78, 5) is 56.2. The Labute approximate surface area is 242 Å². The second-order valence-corrected chi connectivity index (χ2v) is 11.6. The lowest BCUT2D eigenvalue weighted by molar-refractivity contribution is -0.148. The molecule has 1 unspecified atom stereocenters. The Morgan fingerprint density at radius 1 is 1.02 bits per heavy atom. The van der Waals surface area contributed by atoms with Crippen molar-refractivity contribution in [1.29, 1.82) is 0 Å². The normalized spacial score (nSPS) is 15.9. The first-order chi connectivity index (χ1) is 19.4. The van der Waals surface area contributed by atoms with Gasteiger partial charge in [-0.15, -0.1) is 0 Å². The minimum absolute atomic E-state index is 0.0777. The molecule has 1 aliphatic carbocycles. The number of nitrogens with zero attached hydrogens (tertiary/aromatic N) is 2. The zero-order chi connectivity index (χ0) is 30.1. The summed E-state index contributed by atoms with van der Waals surface area (Å²) in [6.07, 6.45) is 3.01. The van der Waals surface area contributed by atoms with Gasteiger partial charge in [0.1, 0.15) is 11.8 Å². The summed E-state index contributed by atoms with van der Waals surface area (Å²) in [6, 6.07) is 13.9. The fourth-order valence-electron chi connectivity index (χ4n) is 5.06. The van der Waals surface area contributed by atoms with Gasteiger partial charge in [0.15, 0.2) is 0 Å². The third kappa shape index (κ3) is 9.99. The molecule has 1 aromatic carbocycles. The van der Waals surface area contributed by atoms with Gasteiger partial charge in [-0.2, -0.15) is 0 Å². The highest BCUT2D eigenvalue weighted by Crippen LogP contribution is 2.34. The van der Waals surface area contributed by atoms with E-state index in [4.69, 9.17) is 4.74 Å². The third-order valence-corrected chi connectivity index (χ3v) is 7.64. The topological polar surface area (TPSA) is 126 Å². The van der Waals surface area contributed by atoms with Gasteiger partial charge in [-0.05, 0) is 55.2 Å². The van der Waals surface area contributed by atoms with E-state index in [1.54, 1.807) is 37.1 Å². The van der Waals surface area contributed by atoms with Crippen LogP contribution in [0, 0.1) is 17.8 Å². The van der Waals surface area contributed by atoms with Gasteiger partial charge in [0, 0.05) is 38.9 Å². The summed E-state index contributed by atoms with van der Waals surface area (Å²) in [7, 11) is 1.79. The molecular weight excluding hydrogens is 522 g/mol. The molecule has 9 nitrogen and oxygen atoms in total. The van der Waals surface area contributed by atoms with Crippen molar-refractivity contribution in [3.05, 3.63) is 65.5 Å². The molecule has 1 aromatic heterocycles. The zero-order valence-corrected chi connectivity index (χ0v) is 24.7. The van der Waals surface area contributed by atoms with Crippen LogP contribution in [0.25, 0.3) is 0 Å². The predicted octanol–water partition coefficient (Wildman–Crippen LogP) is 4.81. The Morgan fingerprint density at radius 3 is 2.29 bits per heavy atom. The largest absolute Gasteiger partial charge is 0.481 e. The number of rotatable bonds is 15. The van der Waals surface area contributed by atoms with Crippen molar-refractivity contribution in [2.24, 2.45) is 17.8 Å². The summed E-state index contributed by atoms with van der Waals surface area (Å²) in [5, 5.41) is 12.4. The monoisotopic (exact) mass is 565 g/mol. The van der Waals surface area contributed by atoms with E-state index in [-0.39, 0.29) is 30.0 Å². The Hall–Kier alpha value is -3.75. The number of hydrogen-bond donors (Lipinski definition) is 2. The van der Waals surface area contributed by atoms with Gasteiger partial charge in [-0.1, -0.05) is 57.2 Å². The molecule has 0 radical (unpaired) electrons. The number of benzene rings is 1. The SMILES string of the molecule is CC(=O)O[C@H](CC(C(C)C)N(C)C(=O)CC1CC1)c1cccc(C(=O)N[C@@H](Cc2ccccc2)C[C@H](C)C(=O)O)n1. The maximum atomic E-state index is 13.3. The van der Waals surface area contributed by atoms with Crippen molar-refractivity contribution in [3.63, 3.8) is 0 Å². The maximum absolute atomic E-state index is 13.3. The third-order valence-electron chi connectivity index (χ3n) is 7.64. The van der Waals surface area contributed by atoms with E-state index in [9.17, 15) is 24.3 Å². The molecule has 2 aromatic rings. The van der Waals surface area contributed by atoms with Gasteiger partial charge in [-0.25, -0.2) is 4.98 Å². The van der Waals surface area contributed by atoms with E-state index in [2.05, 4.69) is 10.3 Å². The number of esters is 1. The molecule has 3 rings (SSSR count). The average Bonchev–Trinajstić information content (AvgIpc) is 3.74. The molecule has 222 valence electrons. The molecule has 2 N–H and O–H groups in total. The molecule has 1 heterocycles. The summed E-state index contributed by atoms with van der Waals surface area (Å²) in [6.45, 7) is 7.00. The first kappa shape index (κ1) is 31.8. The van der Waals surface area contributed by atoms with Crippen LogP contribution in [0.1, 0.15) is 87.6 Å². The number of aromatic nitrogens is 1. The summed E-state index contributed by atoms with van der Waals surface area (Å²) >= 11 is 0. The maximum Gasteiger partial charge on any atom is 0.306 e. The highest BCUT2D eigenvalue weighted by atomic mass is 16.5. The molecule has 2 amide bonds. The smallest absolute Gasteiger partial charge is 0.306 e. The van der Waals surface area contributed by atoms with Crippen LogP contribution >= 0.6 is 0 Å². The number of carboxylic acids is 1. The molecule has 0 aliphatic heterocycles. The van der Waals surface area contributed by atoms with Crippen molar-refractivity contribution in [2.45, 2.75) is 84.4 Å². The summed E-state index contributed by atoms with van der Waals surface area (Å²) in [5.41, 5.74) is 1.53. The van der Waals surface area contributed by atoms with E-state index in [0.29, 0.717) is 30.9 Å². The fourth-order valence-corrected chi connectivity index (χ4v) is 5.06. The van der Waals surface area contributed by atoms with Crippen LogP contribution in [0.4, 0.5) is 0 Å². The van der Waals surface area contributed by atoms with E-state index in [1.807, 2.05) is 44.2 Å². The average molecular weight is 566 g/mol. The van der Waals surface area contributed by atoms with Gasteiger partial charge < -0.3 is 20.1 Å². The lowest BCUT2D eigenvalue weighted by atomic mass is 9.94. The van der Waals surface area contributed by atoms with Crippen molar-refractivity contribution in [1.82, 2.24) is 15.2 Å². The standard InChI is InChI=1S/C32H43N3O6/c1-20(2)28(35(5)30(37)18-24-14-15-24)19-29(41-22(4)36)26-12-9-13-27(34-26)31(38)33-25(16-21(3)32(39)40)17-23-10-7-6-8-11-23/h6-13,20-21,24-25,28-29H,14-19H2,1-5H3,(H,33,38)(H,39,40)/t21-,25+,28?,29+/m0/s1. The van der Waals surface area contributed by atoms with E-state index in [1.165, 1.54) is 6.92 Å². The second kappa shape index (κ2) is 14.8. The lowest BCUT2D eigenvalue weighted by Crippen LogP contribution is -2.42. The second-order valence-electron chi connectivity index (χ2n) is 11.6. The van der Waals surface area contributed by atoms with Gasteiger partial charge in [0.25, 0.3) is 5.91 Å². The number of carboxylic acid groups (broad SMARTS) is 1. The van der Waals surface area contributed by atoms with Gasteiger partial charge in [-0.3, -0.25) is 19.2 Å². The number of nitrogens with one attached hydrogen (secondary N) is 1. The van der Waals surface area contributed by atoms with Crippen LogP contribution in [0.15, 0.2) is 48.5 Å². The molecule has 0 bridgehead atoms.